The summed E-state index contributed by atoms with van der Waals surface area (Å²) in [5.74, 6) is -0.250. The van der Waals surface area contributed by atoms with Crippen molar-refractivity contribution in [2.75, 3.05) is 11.1 Å². The molecule has 7 nitrogen and oxygen atoms in total. The number of aliphatic hydroxyl groups excluding tert-OH is 1. The lowest BCUT2D eigenvalue weighted by atomic mass is 9.86. The summed E-state index contributed by atoms with van der Waals surface area (Å²) < 4.78 is 0. The third-order valence-electron chi connectivity index (χ3n) is 5.94. The largest absolute Gasteiger partial charge is 0.381 e. The van der Waals surface area contributed by atoms with E-state index in [4.69, 9.17) is 5.73 Å². The van der Waals surface area contributed by atoms with Crippen LogP contribution in [0.2, 0.25) is 0 Å². The Hall–Kier alpha value is -4.10. The van der Waals surface area contributed by atoms with Crippen LogP contribution in [0.25, 0.3) is 16.7 Å². The van der Waals surface area contributed by atoms with Crippen molar-refractivity contribution in [1.82, 2.24) is 15.3 Å². The van der Waals surface area contributed by atoms with Gasteiger partial charge < -0.3 is 26.5 Å². The van der Waals surface area contributed by atoms with Gasteiger partial charge in [-0.2, -0.15) is 0 Å². The van der Waals surface area contributed by atoms with E-state index in [1.54, 1.807) is 18.2 Å². The zero-order valence-electron chi connectivity index (χ0n) is 20.2. The molecular formula is C28H31N5O2. The molecule has 0 spiro atoms. The van der Waals surface area contributed by atoms with E-state index in [-0.39, 0.29) is 5.41 Å². The zero-order valence-corrected chi connectivity index (χ0v) is 20.2. The third kappa shape index (κ3) is 5.53. The Morgan fingerprint density at radius 2 is 1.74 bits per heavy atom. The Labute approximate surface area is 205 Å². The number of anilines is 2. The van der Waals surface area contributed by atoms with E-state index in [1.165, 1.54) is 5.56 Å². The van der Waals surface area contributed by atoms with Crippen LogP contribution in [-0.2, 0) is 10.2 Å². The van der Waals surface area contributed by atoms with Gasteiger partial charge in [0.15, 0.2) is 12.1 Å². The molecule has 0 aliphatic carbocycles. The smallest absolute Gasteiger partial charge is 0.255 e. The number of carbonyl (C=O) groups is 1. The molecule has 0 aliphatic rings. The minimum atomic E-state index is -1.38. The Bertz CT molecular complexity index is 1340. The number of nitrogens with two attached hydrogens (primary N) is 1. The Morgan fingerprint density at radius 1 is 1.06 bits per heavy atom. The molecule has 0 aliphatic heterocycles. The second kappa shape index (κ2) is 9.64. The highest BCUT2D eigenvalue weighted by Crippen LogP contribution is 2.26. The lowest BCUT2D eigenvalue weighted by molar-refractivity contribution is -0.125. The number of nitrogen functional groups attached to an aromatic ring is 1. The van der Waals surface area contributed by atoms with E-state index in [0.29, 0.717) is 28.4 Å². The molecule has 0 fully saturated rings. The summed E-state index contributed by atoms with van der Waals surface area (Å²) in [5.41, 5.74) is 11.1. The fourth-order valence-electron chi connectivity index (χ4n) is 3.92. The van der Waals surface area contributed by atoms with Crippen LogP contribution in [0.3, 0.4) is 0 Å². The highest BCUT2D eigenvalue weighted by atomic mass is 16.3. The average Bonchev–Trinajstić information content (AvgIpc) is 3.21. The van der Waals surface area contributed by atoms with Crippen LogP contribution in [-0.4, -0.2) is 27.1 Å². The van der Waals surface area contributed by atoms with Gasteiger partial charge in [-0.15, -0.1) is 0 Å². The van der Waals surface area contributed by atoms with Crippen LogP contribution in [0.1, 0.15) is 43.5 Å². The SMILES string of the molecule is C=C(N[C@@H](c1ccccc1)[C@@H](O)C(=O)Nc1ccc2nc(N)[nH]c2c1)c1ccc(C(C)(C)C)cc1. The number of rotatable bonds is 7. The number of carbonyl (C=O) groups excluding carboxylic acids is 1. The third-order valence-corrected chi connectivity index (χ3v) is 5.94. The van der Waals surface area contributed by atoms with Crippen LogP contribution >= 0.6 is 0 Å². The van der Waals surface area contributed by atoms with Crippen molar-refractivity contribution >= 4 is 34.3 Å². The monoisotopic (exact) mass is 469 g/mol. The molecule has 4 aromatic rings. The number of nitrogens with one attached hydrogen (secondary N) is 3. The summed E-state index contributed by atoms with van der Waals surface area (Å²) in [4.78, 5) is 20.2. The van der Waals surface area contributed by atoms with Crippen LogP contribution in [0.4, 0.5) is 11.6 Å². The van der Waals surface area contributed by atoms with Gasteiger partial charge in [-0.3, -0.25) is 4.79 Å². The van der Waals surface area contributed by atoms with Gasteiger partial charge in [-0.25, -0.2) is 4.98 Å². The zero-order chi connectivity index (χ0) is 25.2. The van der Waals surface area contributed by atoms with E-state index < -0.39 is 18.1 Å². The number of aromatic amines is 1. The Morgan fingerprint density at radius 3 is 2.40 bits per heavy atom. The first-order chi connectivity index (χ1) is 16.6. The minimum absolute atomic E-state index is 0.0407. The van der Waals surface area contributed by atoms with E-state index in [2.05, 4.69) is 60.1 Å². The molecule has 0 saturated carbocycles. The molecule has 180 valence electrons. The van der Waals surface area contributed by atoms with Gasteiger partial charge in [-0.05, 0) is 40.3 Å². The first-order valence-electron chi connectivity index (χ1n) is 11.5. The standard InChI is InChI=1S/C28H31N5O2/c1-17(18-10-12-20(13-11-18)28(2,3)4)30-24(19-8-6-5-7-9-19)25(34)26(35)31-21-14-15-22-23(16-21)33-27(29)32-22/h5-16,24-25,30,34H,1H2,2-4H3,(H,31,35)(H3,29,32,33)/t24-,25+/m0/s1. The molecule has 7 heteroatoms. The summed E-state index contributed by atoms with van der Waals surface area (Å²) in [6.45, 7) is 10.7. The Balaban J connectivity index is 1.54. The van der Waals surface area contributed by atoms with Crippen molar-refractivity contribution in [3.8, 4) is 0 Å². The molecular weight excluding hydrogens is 438 g/mol. The predicted octanol–water partition coefficient (Wildman–Crippen LogP) is 4.74. The van der Waals surface area contributed by atoms with E-state index in [9.17, 15) is 9.90 Å². The maximum absolute atomic E-state index is 13.1. The second-order valence-electron chi connectivity index (χ2n) is 9.63. The minimum Gasteiger partial charge on any atom is -0.381 e. The van der Waals surface area contributed by atoms with Gasteiger partial charge in [0.1, 0.15) is 0 Å². The first-order valence-corrected chi connectivity index (χ1v) is 11.5. The molecule has 4 rings (SSSR count). The lowest BCUT2D eigenvalue weighted by Gasteiger charge is -2.26. The summed E-state index contributed by atoms with van der Waals surface area (Å²) in [6, 6.07) is 22.0. The number of aromatic nitrogens is 2. The summed E-state index contributed by atoms with van der Waals surface area (Å²) in [6.07, 6.45) is -1.38. The van der Waals surface area contributed by atoms with E-state index in [0.717, 1.165) is 11.1 Å². The van der Waals surface area contributed by atoms with Crippen LogP contribution in [0.15, 0.2) is 79.4 Å². The summed E-state index contributed by atoms with van der Waals surface area (Å²) in [5, 5.41) is 17.2. The number of fused-ring (bicyclic) bond motifs is 1. The van der Waals surface area contributed by atoms with Gasteiger partial charge in [0, 0.05) is 11.4 Å². The van der Waals surface area contributed by atoms with E-state index >= 15 is 0 Å². The second-order valence-corrected chi connectivity index (χ2v) is 9.63. The maximum Gasteiger partial charge on any atom is 0.255 e. The average molecular weight is 470 g/mol. The number of hydrogen-bond acceptors (Lipinski definition) is 5. The topological polar surface area (TPSA) is 116 Å². The molecule has 1 aromatic heterocycles. The number of hydrogen-bond donors (Lipinski definition) is 5. The van der Waals surface area contributed by atoms with Crippen LogP contribution < -0.4 is 16.4 Å². The molecule has 1 amide bonds. The highest BCUT2D eigenvalue weighted by molar-refractivity contribution is 5.96. The number of nitrogens with zero attached hydrogens (tertiary/aromatic N) is 1. The number of H-pyrrole nitrogens is 1. The van der Waals surface area contributed by atoms with Gasteiger partial charge in [0.2, 0.25) is 0 Å². The van der Waals surface area contributed by atoms with Crippen LogP contribution in [0.5, 0.6) is 0 Å². The van der Waals surface area contributed by atoms with Crippen molar-refractivity contribution in [2.45, 2.75) is 38.3 Å². The summed E-state index contributed by atoms with van der Waals surface area (Å²) in [7, 11) is 0. The normalized spacial score (nSPS) is 13.3. The summed E-state index contributed by atoms with van der Waals surface area (Å²) >= 11 is 0. The molecule has 3 aromatic carbocycles. The number of imidazole rings is 1. The first kappa shape index (κ1) is 24.0. The molecule has 35 heavy (non-hydrogen) atoms. The Kier molecular flexibility index (Phi) is 6.62. The molecule has 0 radical (unpaired) electrons. The molecule has 0 unspecified atom stereocenters. The van der Waals surface area contributed by atoms with Crippen molar-refractivity contribution in [3.05, 3.63) is 96.1 Å². The van der Waals surface area contributed by atoms with Crippen molar-refractivity contribution in [1.29, 1.82) is 0 Å². The molecule has 2 atom stereocenters. The maximum atomic E-state index is 13.1. The fraction of sp³-hybridized carbons (Fsp3) is 0.214. The number of amides is 1. The fourth-order valence-corrected chi connectivity index (χ4v) is 3.92. The number of benzene rings is 3. The lowest BCUT2D eigenvalue weighted by Crippen LogP contribution is -2.39. The molecule has 0 saturated heterocycles. The molecule has 1 heterocycles. The molecule has 0 bridgehead atoms. The predicted molar refractivity (Wildman–Crippen MR) is 142 cm³/mol. The number of aliphatic hydroxyl groups is 1. The van der Waals surface area contributed by atoms with Crippen molar-refractivity contribution in [2.24, 2.45) is 0 Å². The van der Waals surface area contributed by atoms with Crippen molar-refractivity contribution in [3.63, 3.8) is 0 Å². The quantitative estimate of drug-likeness (QED) is 0.268. The van der Waals surface area contributed by atoms with Gasteiger partial charge in [-0.1, -0.05) is 81.9 Å². The van der Waals surface area contributed by atoms with Gasteiger partial charge in [0.05, 0.1) is 17.1 Å². The highest BCUT2D eigenvalue weighted by Gasteiger charge is 2.28. The van der Waals surface area contributed by atoms with Crippen LogP contribution in [0, 0.1) is 0 Å². The van der Waals surface area contributed by atoms with Crippen molar-refractivity contribution < 1.29 is 9.90 Å². The van der Waals surface area contributed by atoms with E-state index in [1.807, 2.05) is 42.5 Å². The van der Waals surface area contributed by atoms with Gasteiger partial charge >= 0.3 is 0 Å². The van der Waals surface area contributed by atoms with Gasteiger partial charge in [0.25, 0.3) is 5.91 Å². The molecule has 6 N–H and O–H groups in total.